The van der Waals surface area contributed by atoms with E-state index in [9.17, 15) is 17.6 Å². The third-order valence-electron chi connectivity index (χ3n) is 6.73. The predicted octanol–water partition coefficient (Wildman–Crippen LogP) is 8.38. The Labute approximate surface area is 213 Å². The van der Waals surface area contributed by atoms with Gasteiger partial charge in [-0.05, 0) is 68.9 Å². The number of hydrogen-bond donors (Lipinski definition) is 0. The molecule has 2 unspecified atom stereocenters. The van der Waals surface area contributed by atoms with E-state index in [1.54, 1.807) is 25.1 Å². The van der Waals surface area contributed by atoms with Crippen molar-refractivity contribution in [2.24, 2.45) is 0 Å². The molecule has 0 radical (unpaired) electrons. The Bertz CT molecular complexity index is 1280. The van der Waals surface area contributed by atoms with Crippen LogP contribution < -0.4 is 4.74 Å². The molecule has 7 heteroatoms. The quantitative estimate of drug-likeness (QED) is 0.280. The second-order valence-corrected chi connectivity index (χ2v) is 9.13. The number of rotatable bonds is 8. The largest absolute Gasteiger partial charge is 0.491 e. The lowest BCUT2D eigenvalue weighted by atomic mass is 9.88. The van der Waals surface area contributed by atoms with Gasteiger partial charge in [0, 0.05) is 22.6 Å². The molecule has 37 heavy (non-hydrogen) atoms. The fourth-order valence-corrected chi connectivity index (χ4v) is 4.74. The van der Waals surface area contributed by atoms with Crippen molar-refractivity contribution in [3.63, 3.8) is 0 Å². The van der Waals surface area contributed by atoms with E-state index < -0.39 is 23.3 Å². The first-order valence-electron chi connectivity index (χ1n) is 12.5. The SMILES string of the molecule is C/C=C/c1ccc(CCC2CCC(c3ccc(-c4ccc(OCC)c(F)c4F)c(F)c3F)CO2)cc1F. The number of benzene rings is 3. The van der Waals surface area contributed by atoms with E-state index in [2.05, 4.69) is 0 Å². The highest BCUT2D eigenvalue weighted by Gasteiger charge is 2.28. The maximum absolute atomic E-state index is 15.0. The van der Waals surface area contributed by atoms with Gasteiger partial charge in [0.05, 0.1) is 19.3 Å². The van der Waals surface area contributed by atoms with Gasteiger partial charge in [0.2, 0.25) is 5.82 Å². The number of hydrogen-bond acceptors (Lipinski definition) is 2. The highest BCUT2D eigenvalue weighted by molar-refractivity contribution is 5.67. The second kappa shape index (κ2) is 11.9. The van der Waals surface area contributed by atoms with Crippen LogP contribution in [0.4, 0.5) is 22.0 Å². The summed E-state index contributed by atoms with van der Waals surface area (Å²) >= 11 is 0. The summed E-state index contributed by atoms with van der Waals surface area (Å²) in [4.78, 5) is 0. The van der Waals surface area contributed by atoms with Crippen LogP contribution in [0.25, 0.3) is 17.2 Å². The minimum absolute atomic E-state index is 0.0670. The number of ether oxygens (including phenoxy) is 2. The molecule has 0 saturated carbocycles. The first kappa shape index (κ1) is 26.9. The van der Waals surface area contributed by atoms with Crippen molar-refractivity contribution >= 4 is 6.08 Å². The normalized spacial score (nSPS) is 17.9. The molecule has 3 aromatic rings. The summed E-state index contributed by atoms with van der Waals surface area (Å²) in [5.74, 6) is -5.77. The summed E-state index contributed by atoms with van der Waals surface area (Å²) in [6.45, 7) is 3.81. The molecule has 1 fully saturated rings. The lowest BCUT2D eigenvalue weighted by Gasteiger charge is -2.30. The van der Waals surface area contributed by atoms with Crippen LogP contribution in [-0.2, 0) is 11.2 Å². The van der Waals surface area contributed by atoms with E-state index in [0.29, 0.717) is 31.2 Å². The van der Waals surface area contributed by atoms with Gasteiger partial charge in [-0.15, -0.1) is 0 Å². The smallest absolute Gasteiger partial charge is 0.201 e. The van der Waals surface area contributed by atoms with Gasteiger partial charge < -0.3 is 9.47 Å². The van der Waals surface area contributed by atoms with Gasteiger partial charge in [-0.25, -0.2) is 17.6 Å². The van der Waals surface area contributed by atoms with Crippen LogP contribution in [-0.4, -0.2) is 19.3 Å². The van der Waals surface area contributed by atoms with E-state index in [4.69, 9.17) is 9.47 Å². The summed E-state index contributed by atoms with van der Waals surface area (Å²) in [6.07, 6.45) is 5.99. The Kier molecular flexibility index (Phi) is 8.64. The lowest BCUT2D eigenvalue weighted by Crippen LogP contribution is -2.26. The Morgan fingerprint density at radius 1 is 0.892 bits per heavy atom. The van der Waals surface area contributed by atoms with Crippen molar-refractivity contribution in [1.29, 1.82) is 0 Å². The fraction of sp³-hybridized carbons (Fsp3) is 0.333. The Balaban J connectivity index is 1.41. The molecule has 0 bridgehead atoms. The summed E-state index contributed by atoms with van der Waals surface area (Å²) < 4.78 is 83.9. The molecule has 1 saturated heterocycles. The van der Waals surface area contributed by atoms with Crippen molar-refractivity contribution < 1.29 is 31.4 Å². The molecule has 1 aliphatic heterocycles. The first-order chi connectivity index (χ1) is 17.8. The van der Waals surface area contributed by atoms with Crippen LogP contribution >= 0.6 is 0 Å². The topological polar surface area (TPSA) is 18.5 Å². The molecular formula is C30H29F5O2. The predicted molar refractivity (Wildman–Crippen MR) is 134 cm³/mol. The third-order valence-corrected chi connectivity index (χ3v) is 6.73. The molecule has 1 heterocycles. The van der Waals surface area contributed by atoms with Crippen molar-refractivity contribution in [1.82, 2.24) is 0 Å². The summed E-state index contributed by atoms with van der Waals surface area (Å²) in [6, 6.07) is 10.2. The average molecular weight is 517 g/mol. The molecule has 2 atom stereocenters. The molecule has 4 rings (SSSR count). The number of aryl methyl sites for hydroxylation is 1. The minimum atomic E-state index is -1.29. The average Bonchev–Trinajstić information content (AvgIpc) is 2.90. The van der Waals surface area contributed by atoms with Crippen LogP contribution in [0, 0.1) is 29.1 Å². The van der Waals surface area contributed by atoms with E-state index >= 15 is 4.39 Å². The van der Waals surface area contributed by atoms with Crippen molar-refractivity contribution in [2.45, 2.75) is 51.6 Å². The molecule has 196 valence electrons. The molecule has 2 nitrogen and oxygen atoms in total. The summed E-state index contributed by atoms with van der Waals surface area (Å²) in [7, 11) is 0. The monoisotopic (exact) mass is 516 g/mol. The maximum Gasteiger partial charge on any atom is 0.201 e. The third kappa shape index (κ3) is 5.87. The second-order valence-electron chi connectivity index (χ2n) is 9.13. The van der Waals surface area contributed by atoms with Gasteiger partial charge in [0.1, 0.15) is 5.82 Å². The van der Waals surface area contributed by atoms with E-state index in [-0.39, 0.29) is 53.5 Å². The van der Waals surface area contributed by atoms with E-state index in [0.717, 1.165) is 5.56 Å². The highest BCUT2D eigenvalue weighted by atomic mass is 19.2. The molecule has 0 aliphatic carbocycles. The highest BCUT2D eigenvalue weighted by Crippen LogP contribution is 2.37. The zero-order chi connectivity index (χ0) is 26.5. The van der Waals surface area contributed by atoms with Crippen LogP contribution in [0.15, 0.2) is 48.5 Å². The Morgan fingerprint density at radius 3 is 2.27 bits per heavy atom. The minimum Gasteiger partial charge on any atom is -0.491 e. The molecule has 3 aromatic carbocycles. The zero-order valence-corrected chi connectivity index (χ0v) is 20.8. The standard InChI is InChI=1S/C30H29F5O2/c1-3-5-19-8-6-18(16-25(19)31)7-10-21-11-9-20(17-37-21)22-12-13-23(28(33)27(22)32)24-14-15-26(36-4-2)30(35)29(24)34/h3,5-6,8,12-16,20-21H,4,7,9-11,17H2,1-2H3/b5-3+. The maximum atomic E-state index is 15.0. The number of allylic oxidation sites excluding steroid dienone is 1. The van der Waals surface area contributed by atoms with E-state index in [1.807, 2.05) is 13.0 Å². The Morgan fingerprint density at radius 2 is 1.62 bits per heavy atom. The van der Waals surface area contributed by atoms with Gasteiger partial charge >= 0.3 is 0 Å². The molecule has 0 amide bonds. The molecule has 0 aromatic heterocycles. The van der Waals surface area contributed by atoms with E-state index in [1.165, 1.54) is 30.3 Å². The molecule has 0 spiro atoms. The lowest BCUT2D eigenvalue weighted by molar-refractivity contribution is -0.00127. The van der Waals surface area contributed by atoms with Crippen LogP contribution in [0.2, 0.25) is 0 Å². The van der Waals surface area contributed by atoms with Gasteiger partial charge in [0.25, 0.3) is 0 Å². The first-order valence-corrected chi connectivity index (χ1v) is 12.5. The molecular weight excluding hydrogens is 487 g/mol. The summed E-state index contributed by atoms with van der Waals surface area (Å²) in [5, 5.41) is 0. The van der Waals surface area contributed by atoms with Gasteiger partial charge in [-0.3, -0.25) is 0 Å². The van der Waals surface area contributed by atoms with Crippen LogP contribution in [0.5, 0.6) is 5.75 Å². The van der Waals surface area contributed by atoms with Crippen molar-refractivity contribution in [3.05, 3.63) is 94.3 Å². The van der Waals surface area contributed by atoms with Gasteiger partial charge in [-0.2, -0.15) is 4.39 Å². The van der Waals surface area contributed by atoms with Crippen LogP contribution in [0.1, 0.15) is 55.7 Å². The summed E-state index contributed by atoms with van der Waals surface area (Å²) in [5.41, 5.74) is 0.826. The van der Waals surface area contributed by atoms with Crippen molar-refractivity contribution in [2.75, 3.05) is 13.2 Å². The zero-order valence-electron chi connectivity index (χ0n) is 20.8. The molecule has 1 aliphatic rings. The van der Waals surface area contributed by atoms with Crippen molar-refractivity contribution in [3.8, 4) is 16.9 Å². The number of halogens is 5. The van der Waals surface area contributed by atoms with Gasteiger partial charge in [-0.1, -0.05) is 36.4 Å². The fourth-order valence-electron chi connectivity index (χ4n) is 4.74. The van der Waals surface area contributed by atoms with Crippen LogP contribution in [0.3, 0.4) is 0 Å². The molecule has 0 N–H and O–H groups in total. The Hall–Kier alpha value is -3.19. The van der Waals surface area contributed by atoms with Gasteiger partial charge in [0.15, 0.2) is 23.2 Å².